The van der Waals surface area contributed by atoms with Gasteiger partial charge in [0, 0.05) is 29.1 Å². The van der Waals surface area contributed by atoms with Gasteiger partial charge in [-0.15, -0.1) is 0 Å². The number of rotatable bonds is 6. The Balaban J connectivity index is 1.79. The zero-order valence-electron chi connectivity index (χ0n) is 15.3. The second-order valence-electron chi connectivity index (χ2n) is 6.11. The van der Waals surface area contributed by atoms with Crippen molar-refractivity contribution in [3.8, 4) is 0 Å². The van der Waals surface area contributed by atoms with Gasteiger partial charge in [-0.1, -0.05) is 24.3 Å². The van der Waals surface area contributed by atoms with Gasteiger partial charge in [-0.2, -0.15) is 0 Å². The smallest absolute Gasteiger partial charge is 0.277 e. The van der Waals surface area contributed by atoms with Gasteiger partial charge in [0.05, 0.1) is 21.5 Å². The number of anilines is 2. The van der Waals surface area contributed by atoms with Crippen molar-refractivity contribution in [1.82, 2.24) is 0 Å². The molecule has 0 aliphatic rings. The highest BCUT2D eigenvalue weighted by Crippen LogP contribution is 2.24. The van der Waals surface area contributed by atoms with Crippen molar-refractivity contribution in [2.45, 2.75) is 0 Å². The molecule has 0 aromatic heterocycles. The minimum atomic E-state index is -0.816. The fraction of sp³-hybridized carbons (Fsp3) is 0. The number of nitro groups is 2. The number of nitrogens with zero attached hydrogens (tertiary/aromatic N) is 2. The van der Waals surface area contributed by atoms with Gasteiger partial charge in [0.2, 0.25) is 0 Å². The van der Waals surface area contributed by atoms with E-state index in [-0.39, 0.29) is 11.5 Å². The molecule has 2 N–H and O–H groups in total. The van der Waals surface area contributed by atoms with E-state index in [9.17, 15) is 29.8 Å². The van der Waals surface area contributed by atoms with Gasteiger partial charge >= 0.3 is 0 Å². The molecular weight excluding hydrogens is 392 g/mol. The Morgan fingerprint density at radius 2 is 1.13 bits per heavy atom. The Hall–Kier alpha value is -4.60. The van der Waals surface area contributed by atoms with Gasteiger partial charge in [0.1, 0.15) is 0 Å². The molecule has 0 saturated carbocycles. The number of nitro benzene ring substituents is 2. The normalized spacial score (nSPS) is 10.1. The van der Waals surface area contributed by atoms with E-state index in [0.29, 0.717) is 16.9 Å². The molecule has 0 fully saturated rings. The standard InChI is InChI=1S/C20H14N4O6/c25-19(13-5-2-1-3-6-13)21-15-7-4-8-16(11-15)22-20(26)14-9-17(23(27)28)12-18(10-14)24(29)30/h1-12H,(H,21,25)(H,22,26). The highest BCUT2D eigenvalue weighted by molar-refractivity contribution is 6.06. The second-order valence-corrected chi connectivity index (χ2v) is 6.11. The molecule has 0 saturated heterocycles. The Bertz CT molecular complexity index is 1110. The molecule has 0 aliphatic carbocycles. The molecular formula is C20H14N4O6. The van der Waals surface area contributed by atoms with Crippen LogP contribution in [0.25, 0.3) is 0 Å². The lowest BCUT2D eigenvalue weighted by Crippen LogP contribution is -2.14. The number of benzene rings is 3. The molecule has 0 radical (unpaired) electrons. The van der Waals surface area contributed by atoms with Crippen molar-refractivity contribution in [3.05, 3.63) is 104 Å². The van der Waals surface area contributed by atoms with Crippen LogP contribution in [0.2, 0.25) is 0 Å². The molecule has 0 bridgehead atoms. The molecule has 0 unspecified atom stereocenters. The second kappa shape index (κ2) is 8.61. The van der Waals surface area contributed by atoms with Crippen LogP contribution in [0.1, 0.15) is 20.7 Å². The predicted octanol–water partition coefficient (Wildman–Crippen LogP) is 4.01. The number of hydrogen-bond acceptors (Lipinski definition) is 6. The van der Waals surface area contributed by atoms with Gasteiger partial charge in [0.25, 0.3) is 23.2 Å². The summed E-state index contributed by atoms with van der Waals surface area (Å²) in [5.74, 6) is -1.11. The van der Waals surface area contributed by atoms with E-state index >= 15 is 0 Å². The van der Waals surface area contributed by atoms with Crippen molar-refractivity contribution < 1.29 is 19.4 Å². The summed E-state index contributed by atoms with van der Waals surface area (Å²) in [5, 5.41) is 27.2. The first kappa shape index (κ1) is 20.1. The molecule has 30 heavy (non-hydrogen) atoms. The fourth-order valence-electron chi connectivity index (χ4n) is 2.61. The maximum atomic E-state index is 12.5. The summed E-state index contributed by atoms with van der Waals surface area (Å²) in [7, 11) is 0. The maximum absolute atomic E-state index is 12.5. The average molecular weight is 406 g/mol. The molecule has 0 atom stereocenters. The molecule has 2 amide bonds. The summed E-state index contributed by atoms with van der Waals surface area (Å²) in [5.41, 5.74) is -0.228. The minimum absolute atomic E-state index is 0.241. The number of non-ortho nitro benzene ring substituents is 2. The lowest BCUT2D eigenvalue weighted by Gasteiger charge is -2.09. The number of carbonyl (C=O) groups excluding carboxylic acids is 2. The maximum Gasteiger partial charge on any atom is 0.277 e. The first-order valence-electron chi connectivity index (χ1n) is 8.55. The average Bonchev–Trinajstić information content (AvgIpc) is 2.74. The summed E-state index contributed by atoms with van der Waals surface area (Å²) in [6.45, 7) is 0. The van der Waals surface area contributed by atoms with Crippen LogP contribution < -0.4 is 10.6 Å². The number of hydrogen-bond donors (Lipinski definition) is 2. The van der Waals surface area contributed by atoms with Gasteiger partial charge in [0.15, 0.2) is 0 Å². The summed E-state index contributed by atoms with van der Waals surface area (Å²) < 4.78 is 0. The molecule has 0 aliphatic heterocycles. The van der Waals surface area contributed by atoms with Crippen LogP contribution in [0, 0.1) is 20.2 Å². The lowest BCUT2D eigenvalue weighted by atomic mass is 10.1. The highest BCUT2D eigenvalue weighted by atomic mass is 16.6. The van der Waals surface area contributed by atoms with Crippen LogP contribution in [0.4, 0.5) is 22.7 Å². The van der Waals surface area contributed by atoms with Crippen LogP contribution in [0.5, 0.6) is 0 Å². The largest absolute Gasteiger partial charge is 0.322 e. The van der Waals surface area contributed by atoms with E-state index in [1.165, 1.54) is 6.07 Å². The van der Waals surface area contributed by atoms with Crippen LogP contribution in [-0.4, -0.2) is 21.7 Å². The zero-order valence-corrected chi connectivity index (χ0v) is 15.3. The molecule has 0 spiro atoms. The predicted molar refractivity (Wildman–Crippen MR) is 109 cm³/mol. The van der Waals surface area contributed by atoms with E-state index in [1.54, 1.807) is 48.5 Å². The molecule has 3 aromatic carbocycles. The SMILES string of the molecule is O=C(Nc1cccc(NC(=O)c2cc([N+](=O)[O-])cc([N+](=O)[O-])c2)c1)c1ccccc1. The number of carbonyl (C=O) groups is 2. The Kier molecular flexibility index (Phi) is 5.78. The van der Waals surface area contributed by atoms with Crippen molar-refractivity contribution in [3.63, 3.8) is 0 Å². The zero-order chi connectivity index (χ0) is 21.7. The Morgan fingerprint density at radius 1 is 0.633 bits per heavy atom. The quantitative estimate of drug-likeness (QED) is 0.467. The topological polar surface area (TPSA) is 144 Å². The first-order chi connectivity index (χ1) is 14.3. The Morgan fingerprint density at radius 3 is 1.63 bits per heavy atom. The fourth-order valence-corrected chi connectivity index (χ4v) is 2.61. The van der Waals surface area contributed by atoms with Gasteiger partial charge in [-0.05, 0) is 30.3 Å². The molecule has 0 heterocycles. The van der Waals surface area contributed by atoms with Crippen LogP contribution in [-0.2, 0) is 0 Å². The molecule has 10 heteroatoms. The molecule has 3 rings (SSSR count). The van der Waals surface area contributed by atoms with E-state index in [1.807, 2.05) is 0 Å². The number of amides is 2. The van der Waals surface area contributed by atoms with E-state index < -0.39 is 27.1 Å². The lowest BCUT2D eigenvalue weighted by molar-refractivity contribution is -0.394. The third kappa shape index (κ3) is 4.81. The molecule has 150 valence electrons. The summed E-state index contributed by atoms with van der Waals surface area (Å²) >= 11 is 0. The third-order valence-electron chi connectivity index (χ3n) is 4.00. The van der Waals surface area contributed by atoms with E-state index in [2.05, 4.69) is 10.6 Å². The van der Waals surface area contributed by atoms with Crippen molar-refractivity contribution in [2.24, 2.45) is 0 Å². The van der Waals surface area contributed by atoms with Crippen LogP contribution >= 0.6 is 0 Å². The van der Waals surface area contributed by atoms with Crippen molar-refractivity contribution in [1.29, 1.82) is 0 Å². The van der Waals surface area contributed by atoms with Crippen molar-refractivity contribution >= 4 is 34.6 Å². The van der Waals surface area contributed by atoms with E-state index in [4.69, 9.17) is 0 Å². The van der Waals surface area contributed by atoms with Crippen LogP contribution in [0.15, 0.2) is 72.8 Å². The summed E-state index contributed by atoms with van der Waals surface area (Å²) in [4.78, 5) is 45.1. The minimum Gasteiger partial charge on any atom is -0.322 e. The van der Waals surface area contributed by atoms with Gasteiger partial charge < -0.3 is 10.6 Å². The van der Waals surface area contributed by atoms with Crippen LogP contribution in [0.3, 0.4) is 0 Å². The van der Waals surface area contributed by atoms with E-state index in [0.717, 1.165) is 18.2 Å². The Labute approximate surface area is 169 Å². The monoisotopic (exact) mass is 406 g/mol. The summed E-state index contributed by atoms with van der Waals surface area (Å²) in [6, 6.07) is 17.4. The van der Waals surface area contributed by atoms with Gasteiger partial charge in [-0.3, -0.25) is 29.8 Å². The van der Waals surface area contributed by atoms with Gasteiger partial charge in [-0.25, -0.2) is 0 Å². The third-order valence-corrected chi connectivity index (χ3v) is 4.00. The molecule has 3 aromatic rings. The first-order valence-corrected chi connectivity index (χ1v) is 8.55. The number of nitrogens with one attached hydrogen (secondary N) is 2. The highest BCUT2D eigenvalue weighted by Gasteiger charge is 2.20. The summed E-state index contributed by atoms with van der Waals surface area (Å²) in [6.07, 6.45) is 0. The molecule has 10 nitrogen and oxygen atoms in total. The van der Waals surface area contributed by atoms with Crippen molar-refractivity contribution in [2.75, 3.05) is 10.6 Å².